The molecule has 2 N–H and O–H groups in total. The number of nitrogens with one attached hydrogen (secondary N) is 1. The van der Waals surface area contributed by atoms with Gasteiger partial charge in [0, 0.05) is 5.39 Å². The highest BCUT2D eigenvalue weighted by Crippen LogP contribution is 2.28. The molecule has 5 nitrogen and oxygen atoms in total. The molecule has 0 aliphatic heterocycles. The average molecular weight is 305 g/mol. The average Bonchev–Trinajstić information content (AvgIpc) is 2.80. The van der Waals surface area contributed by atoms with Crippen molar-refractivity contribution in [2.75, 3.05) is 11.9 Å². The van der Waals surface area contributed by atoms with E-state index in [9.17, 15) is 5.11 Å². The summed E-state index contributed by atoms with van der Waals surface area (Å²) in [5.41, 5.74) is 2.32. The highest BCUT2D eigenvalue weighted by atomic mass is 35.5. The normalized spacial score (nSPS) is 13.0. The van der Waals surface area contributed by atoms with E-state index in [4.69, 9.17) is 11.6 Å². The number of fused-ring (bicyclic) bond motifs is 3. The first kappa shape index (κ1) is 14.1. The Morgan fingerprint density at radius 3 is 2.86 bits per heavy atom. The number of benzene rings is 1. The van der Waals surface area contributed by atoms with Gasteiger partial charge in [0.05, 0.1) is 23.9 Å². The third kappa shape index (κ3) is 2.32. The summed E-state index contributed by atoms with van der Waals surface area (Å²) in [6.07, 6.45) is 0.809. The molecule has 0 aliphatic carbocycles. The van der Waals surface area contributed by atoms with E-state index in [0.717, 1.165) is 28.8 Å². The van der Waals surface area contributed by atoms with E-state index < -0.39 is 0 Å². The summed E-state index contributed by atoms with van der Waals surface area (Å²) in [7, 11) is 0. The Hall–Kier alpha value is -1.85. The quantitative estimate of drug-likeness (QED) is 0.778. The number of nitrogens with zero attached hydrogens (tertiary/aromatic N) is 3. The van der Waals surface area contributed by atoms with E-state index in [2.05, 4.69) is 15.4 Å². The largest absolute Gasteiger partial charge is 0.394 e. The van der Waals surface area contributed by atoms with Crippen LogP contribution < -0.4 is 5.32 Å². The summed E-state index contributed by atoms with van der Waals surface area (Å²) in [5.74, 6) is 0.723. The number of anilines is 1. The first-order valence-electron chi connectivity index (χ1n) is 6.96. The van der Waals surface area contributed by atoms with Gasteiger partial charge in [-0.1, -0.05) is 30.7 Å². The SMILES string of the molecule is CCC(CO)Nc1nc2c(Cl)c(C)nn2c2ccccc12. The Labute approximate surface area is 127 Å². The molecular formula is C15H17ClN4O. The molecule has 0 saturated carbocycles. The maximum atomic E-state index is 9.40. The van der Waals surface area contributed by atoms with Crippen LogP contribution in [0.15, 0.2) is 24.3 Å². The monoisotopic (exact) mass is 304 g/mol. The van der Waals surface area contributed by atoms with Crippen LogP contribution in [0.3, 0.4) is 0 Å². The van der Waals surface area contributed by atoms with Crippen LogP contribution in [-0.4, -0.2) is 32.4 Å². The Morgan fingerprint density at radius 1 is 1.38 bits per heavy atom. The van der Waals surface area contributed by atoms with Gasteiger partial charge in [-0.15, -0.1) is 0 Å². The van der Waals surface area contributed by atoms with E-state index in [-0.39, 0.29) is 12.6 Å². The van der Waals surface area contributed by atoms with E-state index in [0.29, 0.717) is 10.7 Å². The van der Waals surface area contributed by atoms with Crippen molar-refractivity contribution in [2.24, 2.45) is 0 Å². The van der Waals surface area contributed by atoms with Crippen LogP contribution in [0, 0.1) is 6.92 Å². The lowest BCUT2D eigenvalue weighted by atomic mass is 10.2. The van der Waals surface area contributed by atoms with Gasteiger partial charge in [-0.3, -0.25) is 0 Å². The summed E-state index contributed by atoms with van der Waals surface area (Å²) in [4.78, 5) is 4.61. The number of aromatic nitrogens is 3. The maximum absolute atomic E-state index is 9.40. The lowest BCUT2D eigenvalue weighted by Gasteiger charge is -2.16. The highest BCUT2D eigenvalue weighted by Gasteiger charge is 2.16. The van der Waals surface area contributed by atoms with E-state index in [1.54, 1.807) is 4.52 Å². The number of aliphatic hydroxyl groups is 1. The molecule has 2 aromatic heterocycles. The first-order valence-corrected chi connectivity index (χ1v) is 7.34. The fraction of sp³-hybridized carbons (Fsp3) is 0.333. The Kier molecular flexibility index (Phi) is 3.69. The van der Waals surface area contributed by atoms with Crippen LogP contribution in [-0.2, 0) is 0 Å². The van der Waals surface area contributed by atoms with Gasteiger partial charge < -0.3 is 10.4 Å². The van der Waals surface area contributed by atoms with Crippen molar-refractivity contribution in [3.05, 3.63) is 35.0 Å². The minimum absolute atomic E-state index is 0.0360. The van der Waals surface area contributed by atoms with Gasteiger partial charge in [0.2, 0.25) is 0 Å². The highest BCUT2D eigenvalue weighted by molar-refractivity contribution is 6.34. The van der Waals surface area contributed by atoms with Crippen LogP contribution in [0.1, 0.15) is 19.0 Å². The molecule has 0 radical (unpaired) electrons. The van der Waals surface area contributed by atoms with E-state index >= 15 is 0 Å². The van der Waals surface area contributed by atoms with Crippen molar-refractivity contribution in [1.29, 1.82) is 0 Å². The maximum Gasteiger partial charge on any atom is 0.176 e. The zero-order valence-electron chi connectivity index (χ0n) is 12.0. The minimum Gasteiger partial charge on any atom is -0.394 e. The smallest absolute Gasteiger partial charge is 0.176 e. The fourth-order valence-corrected chi connectivity index (χ4v) is 2.53. The van der Waals surface area contributed by atoms with Gasteiger partial charge in [0.25, 0.3) is 0 Å². The zero-order chi connectivity index (χ0) is 15.0. The summed E-state index contributed by atoms with van der Waals surface area (Å²) in [6, 6.07) is 7.85. The molecule has 0 aliphatic rings. The van der Waals surface area contributed by atoms with Crippen LogP contribution in [0.25, 0.3) is 16.6 Å². The van der Waals surface area contributed by atoms with Crippen molar-refractivity contribution in [1.82, 2.24) is 14.6 Å². The molecule has 3 aromatic rings. The van der Waals surface area contributed by atoms with Crippen molar-refractivity contribution in [2.45, 2.75) is 26.3 Å². The minimum atomic E-state index is -0.0360. The molecule has 1 atom stereocenters. The van der Waals surface area contributed by atoms with Gasteiger partial charge in [-0.05, 0) is 25.5 Å². The van der Waals surface area contributed by atoms with Gasteiger partial charge in [0.15, 0.2) is 5.65 Å². The lowest BCUT2D eigenvalue weighted by Crippen LogP contribution is -2.23. The third-order valence-electron chi connectivity index (χ3n) is 3.62. The van der Waals surface area contributed by atoms with Crippen LogP contribution in [0.4, 0.5) is 5.82 Å². The van der Waals surface area contributed by atoms with Crippen LogP contribution in [0.5, 0.6) is 0 Å². The number of aliphatic hydroxyl groups excluding tert-OH is 1. The van der Waals surface area contributed by atoms with Crippen molar-refractivity contribution in [3.8, 4) is 0 Å². The second-order valence-corrected chi connectivity index (χ2v) is 5.42. The molecule has 0 amide bonds. The fourth-order valence-electron chi connectivity index (χ4n) is 2.37. The molecule has 1 aromatic carbocycles. The number of halogens is 1. The van der Waals surface area contributed by atoms with Crippen molar-refractivity contribution in [3.63, 3.8) is 0 Å². The molecule has 6 heteroatoms. The number of para-hydroxylation sites is 1. The predicted molar refractivity (Wildman–Crippen MR) is 85.0 cm³/mol. The molecule has 0 saturated heterocycles. The summed E-state index contributed by atoms with van der Waals surface area (Å²) in [5, 5.41) is 18.6. The molecule has 0 fully saturated rings. The van der Waals surface area contributed by atoms with Gasteiger partial charge in [-0.2, -0.15) is 5.10 Å². The lowest BCUT2D eigenvalue weighted by molar-refractivity contribution is 0.271. The number of aryl methyl sites for hydroxylation is 1. The topological polar surface area (TPSA) is 62.5 Å². The molecule has 2 heterocycles. The molecule has 3 rings (SSSR count). The second-order valence-electron chi connectivity index (χ2n) is 5.04. The standard InChI is InChI=1S/C15H17ClN4O/c1-3-10(8-21)17-14-11-6-4-5-7-12(11)20-15(18-14)13(16)9(2)19-20/h4-7,10,21H,3,8H2,1-2H3,(H,17,18). The number of hydrogen-bond donors (Lipinski definition) is 2. The molecule has 1 unspecified atom stereocenters. The predicted octanol–water partition coefficient (Wildman–Crippen LogP) is 3.03. The second kappa shape index (κ2) is 5.50. The van der Waals surface area contributed by atoms with Crippen LogP contribution >= 0.6 is 11.6 Å². The first-order chi connectivity index (χ1) is 10.2. The van der Waals surface area contributed by atoms with Crippen LogP contribution in [0.2, 0.25) is 5.02 Å². The Morgan fingerprint density at radius 2 is 2.14 bits per heavy atom. The molecule has 0 bridgehead atoms. The van der Waals surface area contributed by atoms with Gasteiger partial charge >= 0.3 is 0 Å². The summed E-state index contributed by atoms with van der Waals surface area (Å²) in [6.45, 7) is 3.94. The molecule has 110 valence electrons. The zero-order valence-corrected chi connectivity index (χ0v) is 12.7. The molecule has 0 spiro atoms. The summed E-state index contributed by atoms with van der Waals surface area (Å²) < 4.78 is 1.76. The molecular weight excluding hydrogens is 288 g/mol. The summed E-state index contributed by atoms with van der Waals surface area (Å²) >= 11 is 6.30. The van der Waals surface area contributed by atoms with Gasteiger partial charge in [0.1, 0.15) is 10.8 Å². The third-order valence-corrected chi connectivity index (χ3v) is 4.07. The number of rotatable bonds is 4. The Balaban J connectivity index is 2.28. The van der Waals surface area contributed by atoms with Crippen molar-refractivity contribution < 1.29 is 5.11 Å². The Bertz CT molecular complexity index is 795. The van der Waals surface area contributed by atoms with E-state index in [1.807, 2.05) is 38.1 Å². The van der Waals surface area contributed by atoms with Crippen molar-refractivity contribution >= 4 is 34.0 Å². The molecule has 21 heavy (non-hydrogen) atoms. The number of hydrogen-bond acceptors (Lipinski definition) is 4. The van der Waals surface area contributed by atoms with E-state index in [1.165, 1.54) is 0 Å². The van der Waals surface area contributed by atoms with Gasteiger partial charge in [-0.25, -0.2) is 9.50 Å².